The Labute approximate surface area is 269 Å². The van der Waals surface area contributed by atoms with Gasteiger partial charge in [0.15, 0.2) is 0 Å². The number of aliphatic hydroxyl groups is 4. The Balaban J connectivity index is -0.000000750. The first-order chi connectivity index (χ1) is 20.1. The highest BCUT2D eigenvalue weighted by atomic mass is 16.5. The van der Waals surface area contributed by atoms with Crippen molar-refractivity contribution in [2.75, 3.05) is 40.5 Å². The number of cyclic esters (lactones) is 1. The van der Waals surface area contributed by atoms with E-state index in [1.807, 2.05) is 27.7 Å². The van der Waals surface area contributed by atoms with Gasteiger partial charge in [-0.3, -0.25) is 9.59 Å². The molecule has 0 aliphatic carbocycles. The van der Waals surface area contributed by atoms with E-state index in [4.69, 9.17) is 19.3 Å². The summed E-state index contributed by atoms with van der Waals surface area (Å²) in [5.74, 6) is -1.34. The van der Waals surface area contributed by atoms with Crippen molar-refractivity contribution >= 4 is 11.8 Å². The number of nitrogens with one attached hydrogen (secondary N) is 1. The molecule has 2 heterocycles. The van der Waals surface area contributed by atoms with Crippen molar-refractivity contribution in [3.63, 3.8) is 0 Å². The van der Waals surface area contributed by atoms with Gasteiger partial charge in [0.1, 0.15) is 23.6 Å². The molecule has 0 aromatic carbocycles. The van der Waals surface area contributed by atoms with E-state index in [0.717, 1.165) is 39.5 Å². The minimum atomic E-state index is -1.68. The molecular weight excluding hydrogens is 566 g/mol. The van der Waals surface area contributed by atoms with Crippen LogP contribution < -0.4 is 5.32 Å². The molecular formula is C34H71NO9. The molecule has 0 amide bonds. The summed E-state index contributed by atoms with van der Waals surface area (Å²) in [6.07, 6.45) is 2.53. The zero-order chi connectivity index (χ0) is 34.0. The molecule has 10 heteroatoms. The van der Waals surface area contributed by atoms with E-state index in [1.54, 1.807) is 21.0 Å². The zero-order valence-electron chi connectivity index (χ0n) is 29.3. The number of Topliss-reactive ketones (excluding diaryl/α,β-unsaturated/α-hetero) is 1. The molecule has 0 bridgehead atoms. The molecule has 266 valence electrons. The van der Waals surface area contributed by atoms with Crippen LogP contribution in [0.2, 0.25) is 0 Å². The first-order valence-corrected chi connectivity index (χ1v) is 16.2. The lowest BCUT2D eigenvalue weighted by Gasteiger charge is -2.43. The molecule has 0 aromatic rings. The lowest BCUT2D eigenvalue weighted by Crippen LogP contribution is -2.57. The van der Waals surface area contributed by atoms with Gasteiger partial charge in [0, 0.05) is 39.2 Å². The number of aliphatic hydroxyl groups excluding tert-OH is 2. The lowest BCUT2D eigenvalue weighted by molar-refractivity contribution is -0.168. The van der Waals surface area contributed by atoms with Gasteiger partial charge < -0.3 is 40.0 Å². The Hall–Kier alpha value is -1.14. The van der Waals surface area contributed by atoms with Crippen molar-refractivity contribution in [2.24, 2.45) is 29.6 Å². The van der Waals surface area contributed by atoms with Crippen LogP contribution in [-0.4, -0.2) is 102 Å². The minimum Gasteiger partial charge on any atom is -0.462 e. The van der Waals surface area contributed by atoms with E-state index < -0.39 is 29.2 Å². The lowest BCUT2D eigenvalue weighted by atomic mass is 9.80. The fourth-order valence-electron chi connectivity index (χ4n) is 5.63. The van der Waals surface area contributed by atoms with Crippen molar-refractivity contribution in [1.29, 1.82) is 0 Å². The summed E-state index contributed by atoms with van der Waals surface area (Å²) in [6, 6.07) is 0. The molecule has 5 N–H and O–H groups in total. The second-order valence-electron chi connectivity index (χ2n) is 12.4. The predicted molar refractivity (Wildman–Crippen MR) is 177 cm³/mol. The van der Waals surface area contributed by atoms with Crippen LogP contribution in [0.25, 0.3) is 0 Å². The zero-order valence-corrected chi connectivity index (χ0v) is 29.3. The molecule has 0 spiro atoms. The van der Waals surface area contributed by atoms with Crippen LogP contribution in [0.4, 0.5) is 0 Å². The summed E-state index contributed by atoms with van der Waals surface area (Å²) in [4.78, 5) is 24.8. The molecule has 2 fully saturated rings. The molecule has 0 saturated carbocycles. The Morgan fingerprint density at radius 2 is 1.55 bits per heavy atom. The van der Waals surface area contributed by atoms with Crippen molar-refractivity contribution in [2.45, 2.75) is 138 Å². The molecule has 10 atom stereocenters. The maximum atomic E-state index is 12.6. The van der Waals surface area contributed by atoms with Crippen LogP contribution in [-0.2, 0) is 23.8 Å². The van der Waals surface area contributed by atoms with E-state index in [9.17, 15) is 24.9 Å². The number of hydrogen-bond donors (Lipinski definition) is 5. The number of esters is 1. The average Bonchev–Trinajstić information content (AvgIpc) is 2.99. The van der Waals surface area contributed by atoms with Gasteiger partial charge in [-0.15, -0.1) is 0 Å². The Morgan fingerprint density at radius 1 is 0.977 bits per heavy atom. The smallest absolute Gasteiger partial charge is 0.308 e. The van der Waals surface area contributed by atoms with Gasteiger partial charge >= 0.3 is 5.97 Å². The van der Waals surface area contributed by atoms with Gasteiger partial charge in [0.2, 0.25) is 0 Å². The Bertz CT molecular complexity index is 738. The van der Waals surface area contributed by atoms with Gasteiger partial charge in [-0.2, -0.15) is 0 Å². The second kappa shape index (κ2) is 24.1. The van der Waals surface area contributed by atoms with Gasteiger partial charge in [0.05, 0.1) is 24.2 Å². The van der Waals surface area contributed by atoms with Gasteiger partial charge in [-0.1, -0.05) is 62.8 Å². The standard InChI is InChI=1S/C19H34O6.C11H23NO2.C2H6.CH4O.CH4/c1-11-7-13(3)18(22)25-10-19(5,23)17(21)14(4)16(20)12(2)9-15(8-11)24-6;1-4-6-12-8-11(13)9(2)5-7-14-10(11)3;2*1-2;/h11-15,17,21,23H,7-10H2,1-6H3;9-10,12-13H,4-8H2,1-3H3;1-2H3;2H,1H3;1H4/t11-,12+,13?,14?,15?,17?,19+;9?,10?,11-;;;/m01.../s1. The van der Waals surface area contributed by atoms with Crippen molar-refractivity contribution < 1.29 is 44.2 Å². The third-order valence-corrected chi connectivity index (χ3v) is 8.64. The first kappa shape index (κ1) is 47.3. The maximum absolute atomic E-state index is 12.6. The summed E-state index contributed by atoms with van der Waals surface area (Å²) in [5.41, 5.74) is -2.37. The van der Waals surface area contributed by atoms with Crippen LogP contribution in [0.5, 0.6) is 0 Å². The summed E-state index contributed by atoms with van der Waals surface area (Å²) in [6.45, 7) is 20.9. The van der Waals surface area contributed by atoms with Crippen molar-refractivity contribution in [1.82, 2.24) is 5.32 Å². The minimum absolute atomic E-state index is 0. The normalized spacial score (nSPS) is 36.7. The van der Waals surface area contributed by atoms with Crippen molar-refractivity contribution in [3.05, 3.63) is 0 Å². The topological polar surface area (TPSA) is 155 Å². The molecule has 2 aliphatic rings. The highest BCUT2D eigenvalue weighted by molar-refractivity contribution is 5.83. The van der Waals surface area contributed by atoms with Crippen molar-refractivity contribution in [3.8, 4) is 0 Å². The number of ketones is 1. The van der Waals surface area contributed by atoms with Crippen LogP contribution in [0, 0.1) is 29.6 Å². The average molecular weight is 638 g/mol. The third kappa shape index (κ3) is 15.4. The predicted octanol–water partition coefficient (Wildman–Crippen LogP) is 4.39. The fraction of sp³-hybridized carbons (Fsp3) is 0.941. The van der Waals surface area contributed by atoms with E-state index in [2.05, 4.69) is 26.1 Å². The molecule has 10 nitrogen and oxygen atoms in total. The molecule has 0 radical (unpaired) electrons. The van der Waals surface area contributed by atoms with Crippen LogP contribution in [0.1, 0.15) is 109 Å². The van der Waals surface area contributed by atoms with Gasteiger partial charge in [0.25, 0.3) is 0 Å². The van der Waals surface area contributed by atoms with Crippen LogP contribution >= 0.6 is 0 Å². The maximum Gasteiger partial charge on any atom is 0.308 e. The number of carbonyl (C=O) groups excluding carboxylic acids is 2. The molecule has 6 unspecified atom stereocenters. The number of carbonyl (C=O) groups is 2. The third-order valence-electron chi connectivity index (χ3n) is 8.64. The molecule has 2 aliphatic heterocycles. The quantitative estimate of drug-likeness (QED) is 0.217. The number of ether oxygens (including phenoxy) is 3. The van der Waals surface area contributed by atoms with E-state index in [0.29, 0.717) is 25.3 Å². The molecule has 44 heavy (non-hydrogen) atoms. The highest BCUT2D eigenvalue weighted by Crippen LogP contribution is 2.31. The van der Waals surface area contributed by atoms with E-state index in [1.165, 1.54) is 6.92 Å². The SMILES string of the molecule is C.CC.CCCNC[C@@]1(O)C(C)CCOC1C.CO.COC1C[C@@H](C)CC(C)C(=O)OC[C@@](C)(O)C(O)C(C)C(=O)[C@H](C)C1. The van der Waals surface area contributed by atoms with E-state index >= 15 is 0 Å². The largest absolute Gasteiger partial charge is 0.462 e. The highest BCUT2D eigenvalue weighted by Gasteiger charge is 2.43. The molecule has 2 saturated heterocycles. The van der Waals surface area contributed by atoms with E-state index in [-0.39, 0.29) is 49.8 Å². The Kier molecular flexibility index (Phi) is 25.9. The van der Waals surface area contributed by atoms with Gasteiger partial charge in [-0.25, -0.2) is 0 Å². The summed E-state index contributed by atoms with van der Waals surface area (Å²) in [5, 5.41) is 41.6. The number of rotatable bonds is 5. The van der Waals surface area contributed by atoms with Crippen LogP contribution in [0.3, 0.4) is 0 Å². The summed E-state index contributed by atoms with van der Waals surface area (Å²) in [7, 11) is 2.62. The van der Waals surface area contributed by atoms with Crippen LogP contribution in [0.15, 0.2) is 0 Å². The monoisotopic (exact) mass is 638 g/mol. The summed E-state index contributed by atoms with van der Waals surface area (Å²) >= 11 is 0. The molecule has 2 rings (SSSR count). The number of hydrogen-bond acceptors (Lipinski definition) is 10. The summed E-state index contributed by atoms with van der Waals surface area (Å²) < 4.78 is 16.2. The number of methoxy groups -OCH3 is 1. The Morgan fingerprint density at radius 3 is 2.05 bits per heavy atom. The first-order valence-electron chi connectivity index (χ1n) is 16.2. The fourth-order valence-corrected chi connectivity index (χ4v) is 5.63. The second-order valence-corrected chi connectivity index (χ2v) is 12.4. The molecule has 0 aromatic heterocycles. The van der Waals surface area contributed by atoms with Gasteiger partial charge in [-0.05, 0) is 64.3 Å².